The largest absolute Gasteiger partial charge is 0.362 e. The van der Waals surface area contributed by atoms with E-state index in [4.69, 9.17) is 4.74 Å². The van der Waals surface area contributed by atoms with Crippen molar-refractivity contribution in [3.05, 3.63) is 29.8 Å². The van der Waals surface area contributed by atoms with Crippen LogP contribution in [0.2, 0.25) is 0 Å². The molecule has 0 radical (unpaired) electrons. The van der Waals surface area contributed by atoms with Crippen molar-refractivity contribution in [3.8, 4) is 0 Å². The molecule has 1 aliphatic heterocycles. The van der Waals surface area contributed by atoms with Crippen LogP contribution in [0.1, 0.15) is 18.4 Å². The molecule has 1 N–H and O–H groups in total. The van der Waals surface area contributed by atoms with Crippen LogP contribution in [-0.2, 0) is 11.2 Å². The summed E-state index contributed by atoms with van der Waals surface area (Å²) in [6.45, 7) is 0. The van der Waals surface area contributed by atoms with E-state index < -0.39 is 0 Å². The van der Waals surface area contributed by atoms with Crippen LogP contribution < -0.4 is 5.32 Å². The molecular weight excluding hydrogens is 162 g/mol. The van der Waals surface area contributed by atoms with Crippen LogP contribution in [0, 0.1) is 0 Å². The van der Waals surface area contributed by atoms with Gasteiger partial charge in [0.15, 0.2) is 0 Å². The van der Waals surface area contributed by atoms with Crippen molar-refractivity contribution in [1.29, 1.82) is 0 Å². The molecule has 0 fully saturated rings. The predicted octanol–water partition coefficient (Wildman–Crippen LogP) is 2.41. The lowest BCUT2D eigenvalue weighted by Gasteiger charge is -2.15. The molecule has 0 saturated heterocycles. The number of aryl methyl sites for hydroxylation is 1. The molecule has 2 nitrogen and oxygen atoms in total. The summed E-state index contributed by atoms with van der Waals surface area (Å²) in [5.74, 6) is 0. The maximum Gasteiger partial charge on any atom is 0.127 e. The van der Waals surface area contributed by atoms with Gasteiger partial charge in [0.2, 0.25) is 0 Å². The molecule has 70 valence electrons. The van der Waals surface area contributed by atoms with Crippen LogP contribution in [0.15, 0.2) is 24.3 Å². The van der Waals surface area contributed by atoms with E-state index in [0.717, 1.165) is 12.8 Å². The van der Waals surface area contributed by atoms with Gasteiger partial charge >= 0.3 is 0 Å². The molecule has 0 spiro atoms. The maximum absolute atomic E-state index is 5.32. The van der Waals surface area contributed by atoms with Crippen LogP contribution >= 0.6 is 0 Å². The lowest BCUT2D eigenvalue weighted by atomic mass is 10.1. The first-order valence-corrected chi connectivity index (χ1v) is 4.77. The van der Waals surface area contributed by atoms with Crippen LogP contribution in [0.4, 0.5) is 5.69 Å². The smallest absolute Gasteiger partial charge is 0.127 e. The maximum atomic E-state index is 5.32. The van der Waals surface area contributed by atoms with Gasteiger partial charge < -0.3 is 10.1 Å². The summed E-state index contributed by atoms with van der Waals surface area (Å²) < 4.78 is 5.32. The van der Waals surface area contributed by atoms with Gasteiger partial charge in [0.25, 0.3) is 0 Å². The van der Waals surface area contributed by atoms with Gasteiger partial charge in [-0.3, -0.25) is 0 Å². The summed E-state index contributed by atoms with van der Waals surface area (Å²) in [4.78, 5) is 0. The normalized spacial score (nSPS) is 21.5. The number of benzene rings is 1. The van der Waals surface area contributed by atoms with Crippen molar-refractivity contribution in [2.24, 2.45) is 0 Å². The number of rotatable bonds is 1. The van der Waals surface area contributed by atoms with Crippen LogP contribution in [0.25, 0.3) is 0 Å². The zero-order valence-electron chi connectivity index (χ0n) is 7.92. The summed E-state index contributed by atoms with van der Waals surface area (Å²) in [5, 5.41) is 3.39. The predicted molar refractivity (Wildman–Crippen MR) is 53.8 cm³/mol. The summed E-state index contributed by atoms with van der Waals surface area (Å²) in [5.41, 5.74) is 2.63. The Hall–Kier alpha value is -1.02. The minimum atomic E-state index is 0.184. The first kappa shape index (κ1) is 8.57. The molecular formula is C11H15NO. The van der Waals surface area contributed by atoms with Gasteiger partial charge in [0.05, 0.1) is 0 Å². The number of methoxy groups -OCH3 is 1. The quantitative estimate of drug-likeness (QED) is 0.711. The molecule has 1 heterocycles. The first-order chi connectivity index (χ1) is 6.40. The second-order valence-corrected chi connectivity index (χ2v) is 3.42. The Kier molecular flexibility index (Phi) is 2.50. The van der Waals surface area contributed by atoms with Crippen molar-refractivity contribution in [2.45, 2.75) is 25.5 Å². The number of nitrogens with one attached hydrogen (secondary N) is 1. The van der Waals surface area contributed by atoms with E-state index in [9.17, 15) is 0 Å². The standard InChI is InChI=1S/C11H15NO/c1-13-11-8-4-6-9-5-2-3-7-10(9)12-11/h2-3,5,7,11-12H,4,6,8H2,1H3. The molecule has 1 unspecified atom stereocenters. The monoisotopic (exact) mass is 177 g/mol. The molecule has 1 aromatic carbocycles. The number of hydrogen-bond acceptors (Lipinski definition) is 2. The molecule has 0 amide bonds. The van der Waals surface area contributed by atoms with Gasteiger partial charge in [-0.25, -0.2) is 0 Å². The highest BCUT2D eigenvalue weighted by molar-refractivity contribution is 5.52. The van der Waals surface area contributed by atoms with Crippen molar-refractivity contribution in [2.75, 3.05) is 12.4 Å². The van der Waals surface area contributed by atoms with Gasteiger partial charge in [-0.15, -0.1) is 0 Å². The highest BCUT2D eigenvalue weighted by atomic mass is 16.5. The zero-order chi connectivity index (χ0) is 9.10. The Labute approximate surface area is 78.9 Å². The highest BCUT2D eigenvalue weighted by Crippen LogP contribution is 2.23. The van der Waals surface area contributed by atoms with Gasteiger partial charge in [0, 0.05) is 12.8 Å². The Bertz CT molecular complexity index is 285. The number of anilines is 1. The summed E-state index contributed by atoms with van der Waals surface area (Å²) in [7, 11) is 1.76. The lowest BCUT2D eigenvalue weighted by Crippen LogP contribution is -2.20. The molecule has 0 aliphatic carbocycles. The molecule has 0 saturated carbocycles. The third-order valence-electron chi connectivity index (χ3n) is 2.53. The van der Waals surface area contributed by atoms with Gasteiger partial charge in [0.1, 0.15) is 6.23 Å². The fourth-order valence-electron chi connectivity index (χ4n) is 1.78. The Morgan fingerprint density at radius 3 is 3.08 bits per heavy atom. The Balaban J connectivity index is 2.23. The number of hydrogen-bond donors (Lipinski definition) is 1. The number of para-hydroxylation sites is 1. The zero-order valence-corrected chi connectivity index (χ0v) is 7.92. The molecule has 1 aliphatic rings. The second-order valence-electron chi connectivity index (χ2n) is 3.42. The fraction of sp³-hybridized carbons (Fsp3) is 0.455. The van der Waals surface area contributed by atoms with Crippen molar-refractivity contribution >= 4 is 5.69 Å². The number of ether oxygens (including phenoxy) is 1. The SMILES string of the molecule is COC1CCCc2ccccc2N1. The molecule has 2 heteroatoms. The first-order valence-electron chi connectivity index (χ1n) is 4.77. The highest BCUT2D eigenvalue weighted by Gasteiger charge is 2.13. The lowest BCUT2D eigenvalue weighted by molar-refractivity contribution is 0.118. The average Bonchev–Trinajstić information content (AvgIpc) is 2.38. The van der Waals surface area contributed by atoms with E-state index in [2.05, 4.69) is 29.6 Å². The van der Waals surface area contributed by atoms with E-state index in [1.807, 2.05) is 0 Å². The van der Waals surface area contributed by atoms with Gasteiger partial charge in [-0.1, -0.05) is 18.2 Å². The van der Waals surface area contributed by atoms with E-state index >= 15 is 0 Å². The van der Waals surface area contributed by atoms with Crippen molar-refractivity contribution in [1.82, 2.24) is 0 Å². The minimum Gasteiger partial charge on any atom is -0.362 e. The molecule has 0 aromatic heterocycles. The Morgan fingerprint density at radius 1 is 1.38 bits per heavy atom. The molecule has 1 aromatic rings. The Morgan fingerprint density at radius 2 is 2.23 bits per heavy atom. The number of fused-ring (bicyclic) bond motifs is 1. The van der Waals surface area contributed by atoms with Gasteiger partial charge in [-0.2, -0.15) is 0 Å². The third kappa shape index (κ3) is 1.83. The van der Waals surface area contributed by atoms with E-state index in [0.29, 0.717) is 0 Å². The van der Waals surface area contributed by atoms with Crippen molar-refractivity contribution < 1.29 is 4.74 Å². The average molecular weight is 177 g/mol. The third-order valence-corrected chi connectivity index (χ3v) is 2.53. The van der Waals surface area contributed by atoms with Crippen LogP contribution in [-0.4, -0.2) is 13.3 Å². The molecule has 1 atom stereocenters. The van der Waals surface area contributed by atoms with E-state index in [-0.39, 0.29) is 6.23 Å². The summed E-state index contributed by atoms with van der Waals surface area (Å²) in [6.07, 6.45) is 3.63. The summed E-state index contributed by atoms with van der Waals surface area (Å²) >= 11 is 0. The van der Waals surface area contributed by atoms with Crippen LogP contribution in [0.3, 0.4) is 0 Å². The van der Waals surface area contributed by atoms with Crippen molar-refractivity contribution in [3.63, 3.8) is 0 Å². The van der Waals surface area contributed by atoms with Crippen LogP contribution in [0.5, 0.6) is 0 Å². The molecule has 2 rings (SSSR count). The topological polar surface area (TPSA) is 21.3 Å². The van der Waals surface area contributed by atoms with E-state index in [1.54, 1.807) is 7.11 Å². The second kappa shape index (κ2) is 3.79. The van der Waals surface area contributed by atoms with Gasteiger partial charge in [-0.05, 0) is 30.9 Å². The fourth-order valence-corrected chi connectivity index (χ4v) is 1.78. The van der Waals surface area contributed by atoms with E-state index in [1.165, 1.54) is 17.7 Å². The minimum absolute atomic E-state index is 0.184. The molecule has 13 heavy (non-hydrogen) atoms. The molecule has 0 bridgehead atoms. The summed E-state index contributed by atoms with van der Waals surface area (Å²) in [6, 6.07) is 8.45.